The van der Waals surface area contributed by atoms with Gasteiger partial charge in [0.15, 0.2) is 5.69 Å². The van der Waals surface area contributed by atoms with Crippen LogP contribution in [0.2, 0.25) is 0 Å². The second-order valence-electron chi connectivity index (χ2n) is 5.61. The van der Waals surface area contributed by atoms with Gasteiger partial charge < -0.3 is 14.6 Å². The second kappa shape index (κ2) is 5.73. The lowest BCUT2D eigenvalue weighted by molar-refractivity contribution is -0.116. The van der Waals surface area contributed by atoms with Gasteiger partial charge >= 0.3 is 0 Å². The lowest BCUT2D eigenvalue weighted by Gasteiger charge is -2.27. The minimum absolute atomic E-state index is 0.0101. The summed E-state index contributed by atoms with van der Waals surface area (Å²) in [6, 6.07) is 8.02. The lowest BCUT2D eigenvalue weighted by atomic mass is 10.2. The normalized spacial score (nSPS) is 17.0. The Bertz CT molecular complexity index is 769. The number of rotatable bonds is 4. The molecule has 1 aromatic heterocycles. The van der Waals surface area contributed by atoms with Crippen LogP contribution in [0.15, 0.2) is 39.8 Å². The van der Waals surface area contributed by atoms with Crippen molar-refractivity contribution in [3.05, 3.63) is 42.1 Å². The molecule has 2 heterocycles. The number of amides is 2. The molecule has 0 radical (unpaired) electrons. The lowest BCUT2D eigenvalue weighted by Crippen LogP contribution is -2.34. The number of nitrogens with one attached hydrogen (secondary N) is 1. The van der Waals surface area contributed by atoms with Crippen molar-refractivity contribution in [1.82, 2.24) is 10.3 Å². The van der Waals surface area contributed by atoms with E-state index < -0.39 is 0 Å². The number of carbonyl (C=O) groups is 2. The van der Waals surface area contributed by atoms with Gasteiger partial charge in [-0.15, -0.1) is 11.8 Å². The van der Waals surface area contributed by atoms with Crippen molar-refractivity contribution in [1.29, 1.82) is 0 Å². The van der Waals surface area contributed by atoms with Crippen molar-refractivity contribution in [2.75, 3.05) is 10.7 Å². The molecule has 0 spiro atoms. The predicted octanol–water partition coefficient (Wildman–Crippen LogP) is 2.21. The van der Waals surface area contributed by atoms with Crippen molar-refractivity contribution < 1.29 is 14.0 Å². The molecule has 1 fully saturated rings. The molecular formula is C16H15N3O3S. The van der Waals surface area contributed by atoms with E-state index in [0.717, 1.165) is 23.4 Å². The molecule has 1 aliphatic carbocycles. The van der Waals surface area contributed by atoms with Gasteiger partial charge in [0, 0.05) is 10.9 Å². The minimum atomic E-state index is -0.219. The van der Waals surface area contributed by atoms with Crippen molar-refractivity contribution in [3.8, 4) is 0 Å². The zero-order valence-corrected chi connectivity index (χ0v) is 13.1. The number of nitrogens with zero attached hydrogens (tertiary/aromatic N) is 2. The summed E-state index contributed by atoms with van der Waals surface area (Å²) in [5, 5.41) is 2.87. The Balaban J connectivity index is 1.52. The first-order valence-electron chi connectivity index (χ1n) is 7.48. The summed E-state index contributed by atoms with van der Waals surface area (Å²) < 4.78 is 5.38. The summed E-state index contributed by atoms with van der Waals surface area (Å²) in [5.74, 6) is 0.549. The number of hydrogen-bond acceptors (Lipinski definition) is 5. The van der Waals surface area contributed by atoms with Crippen LogP contribution in [0, 0.1) is 0 Å². The molecule has 0 atom stereocenters. The molecule has 4 rings (SSSR count). The fourth-order valence-electron chi connectivity index (χ4n) is 2.44. The Kier molecular flexibility index (Phi) is 3.57. The molecule has 118 valence electrons. The average Bonchev–Trinajstić information content (AvgIpc) is 3.24. The van der Waals surface area contributed by atoms with Crippen molar-refractivity contribution in [2.45, 2.75) is 30.3 Å². The fraction of sp³-hybridized carbons (Fsp3) is 0.312. The van der Waals surface area contributed by atoms with Crippen LogP contribution < -0.4 is 10.2 Å². The highest BCUT2D eigenvalue weighted by atomic mass is 32.2. The van der Waals surface area contributed by atoms with Crippen LogP contribution >= 0.6 is 11.8 Å². The summed E-state index contributed by atoms with van der Waals surface area (Å²) in [4.78, 5) is 31.1. The largest absolute Gasteiger partial charge is 0.446 e. The van der Waals surface area contributed by atoms with E-state index in [0.29, 0.717) is 11.6 Å². The molecule has 1 aromatic carbocycles. The minimum Gasteiger partial charge on any atom is -0.446 e. The Labute approximate surface area is 137 Å². The molecule has 0 saturated heterocycles. The first-order valence-corrected chi connectivity index (χ1v) is 8.47. The van der Waals surface area contributed by atoms with Gasteiger partial charge in [-0.2, -0.15) is 0 Å². The standard InChI is InChI=1S/C16H15N3O3S/c20-15-9-23-13-4-2-1-3-12(13)19(15)7-14-18-11(8-22-14)16(21)17-10-5-6-10/h1-4,8,10H,5-7,9H2,(H,17,21). The molecule has 2 amide bonds. The van der Waals surface area contributed by atoms with Crippen molar-refractivity contribution in [2.24, 2.45) is 0 Å². The third-order valence-electron chi connectivity index (χ3n) is 3.80. The number of fused-ring (bicyclic) bond motifs is 1. The molecule has 0 unspecified atom stereocenters. The van der Waals surface area contributed by atoms with Gasteiger partial charge in [-0.3, -0.25) is 9.59 Å². The first-order chi connectivity index (χ1) is 11.2. The Morgan fingerprint density at radius 1 is 1.39 bits per heavy atom. The fourth-order valence-corrected chi connectivity index (χ4v) is 3.37. The molecule has 2 aromatic rings. The Morgan fingerprint density at radius 3 is 3.04 bits per heavy atom. The molecule has 1 N–H and O–H groups in total. The molecule has 6 nitrogen and oxygen atoms in total. The monoisotopic (exact) mass is 329 g/mol. The van der Waals surface area contributed by atoms with Crippen LogP contribution in [0.25, 0.3) is 0 Å². The summed E-state index contributed by atoms with van der Waals surface area (Å²) in [5.41, 5.74) is 1.12. The number of anilines is 1. The van der Waals surface area contributed by atoms with Crippen LogP contribution in [-0.4, -0.2) is 28.6 Å². The molecule has 7 heteroatoms. The van der Waals surface area contributed by atoms with E-state index in [9.17, 15) is 9.59 Å². The molecular weight excluding hydrogens is 314 g/mol. The number of carbonyl (C=O) groups excluding carboxylic acids is 2. The topological polar surface area (TPSA) is 75.4 Å². The van der Waals surface area contributed by atoms with Crippen molar-refractivity contribution >= 4 is 29.3 Å². The van der Waals surface area contributed by atoms with Gasteiger partial charge in [-0.25, -0.2) is 4.98 Å². The number of aromatic nitrogens is 1. The Morgan fingerprint density at radius 2 is 2.22 bits per heavy atom. The van der Waals surface area contributed by atoms with E-state index in [1.165, 1.54) is 18.0 Å². The van der Waals surface area contributed by atoms with E-state index >= 15 is 0 Å². The van der Waals surface area contributed by atoms with E-state index in [1.54, 1.807) is 4.90 Å². The number of thioether (sulfide) groups is 1. The predicted molar refractivity (Wildman–Crippen MR) is 85.3 cm³/mol. The van der Waals surface area contributed by atoms with E-state index in [4.69, 9.17) is 4.42 Å². The van der Waals surface area contributed by atoms with Gasteiger partial charge in [-0.05, 0) is 25.0 Å². The highest BCUT2D eigenvalue weighted by Crippen LogP contribution is 2.35. The highest BCUT2D eigenvalue weighted by molar-refractivity contribution is 8.00. The summed E-state index contributed by atoms with van der Waals surface area (Å²) in [6.45, 7) is 0.229. The maximum Gasteiger partial charge on any atom is 0.273 e. The first kappa shape index (κ1) is 14.3. The van der Waals surface area contributed by atoms with Gasteiger partial charge in [0.2, 0.25) is 11.8 Å². The van der Waals surface area contributed by atoms with Crippen LogP contribution in [0.1, 0.15) is 29.2 Å². The van der Waals surface area contributed by atoms with Gasteiger partial charge in [0.1, 0.15) is 12.8 Å². The number of benzene rings is 1. The van der Waals surface area contributed by atoms with E-state index in [2.05, 4.69) is 10.3 Å². The summed E-state index contributed by atoms with van der Waals surface area (Å²) in [6.07, 6.45) is 3.39. The van der Waals surface area contributed by atoms with Gasteiger partial charge in [0.25, 0.3) is 5.91 Å². The molecule has 1 aliphatic heterocycles. The number of para-hydroxylation sites is 1. The SMILES string of the molecule is O=C(NC1CC1)c1coc(CN2C(=O)CSc3ccccc32)n1. The van der Waals surface area contributed by atoms with Gasteiger partial charge in [-0.1, -0.05) is 12.1 Å². The summed E-state index contributed by atoms with van der Waals surface area (Å²) in [7, 11) is 0. The molecule has 2 aliphatic rings. The zero-order chi connectivity index (χ0) is 15.8. The van der Waals surface area contributed by atoms with E-state index in [-0.39, 0.29) is 30.1 Å². The maximum absolute atomic E-state index is 12.2. The quantitative estimate of drug-likeness (QED) is 0.931. The van der Waals surface area contributed by atoms with Crippen molar-refractivity contribution in [3.63, 3.8) is 0 Å². The number of oxazole rings is 1. The third-order valence-corrected chi connectivity index (χ3v) is 4.85. The average molecular weight is 329 g/mol. The molecule has 0 bridgehead atoms. The second-order valence-corrected chi connectivity index (χ2v) is 6.63. The smallest absolute Gasteiger partial charge is 0.273 e. The maximum atomic E-state index is 12.2. The number of hydrogen-bond donors (Lipinski definition) is 1. The van der Waals surface area contributed by atoms with Crippen LogP contribution in [-0.2, 0) is 11.3 Å². The van der Waals surface area contributed by atoms with E-state index in [1.807, 2.05) is 24.3 Å². The zero-order valence-electron chi connectivity index (χ0n) is 12.3. The molecule has 1 saturated carbocycles. The van der Waals surface area contributed by atoms with Gasteiger partial charge in [0.05, 0.1) is 11.4 Å². The Hall–Kier alpha value is -2.28. The van der Waals surface area contributed by atoms with Crippen LogP contribution in [0.5, 0.6) is 0 Å². The highest BCUT2D eigenvalue weighted by Gasteiger charge is 2.28. The van der Waals surface area contributed by atoms with Crippen LogP contribution in [0.4, 0.5) is 5.69 Å². The van der Waals surface area contributed by atoms with Crippen LogP contribution in [0.3, 0.4) is 0 Å². The third kappa shape index (κ3) is 2.96. The summed E-state index contributed by atoms with van der Waals surface area (Å²) >= 11 is 1.53. The molecule has 23 heavy (non-hydrogen) atoms.